The van der Waals surface area contributed by atoms with Gasteiger partial charge in [0.2, 0.25) is 0 Å². The van der Waals surface area contributed by atoms with E-state index in [-0.39, 0.29) is 40.8 Å². The molecule has 8 rings (SSSR count). The number of aromatic hydroxyl groups is 1. The van der Waals surface area contributed by atoms with Crippen LogP contribution in [0.1, 0.15) is 52.3 Å². The minimum absolute atomic E-state index is 0.0440. The largest absolute Gasteiger partial charge is 0.507 e. The van der Waals surface area contributed by atoms with Crippen molar-refractivity contribution in [3.05, 3.63) is 141 Å². The van der Waals surface area contributed by atoms with E-state index in [2.05, 4.69) is 4.98 Å². The van der Waals surface area contributed by atoms with Gasteiger partial charge in [0.05, 0.1) is 22.3 Å². The number of halogens is 4. The van der Waals surface area contributed by atoms with Gasteiger partial charge < -0.3 is 5.11 Å². The Kier molecular flexibility index (Phi) is 8.64. The Morgan fingerprint density at radius 2 is 1.53 bits per heavy atom. The second kappa shape index (κ2) is 13.0. The number of fused-ring (bicyclic) bond motifs is 4. The van der Waals surface area contributed by atoms with Crippen molar-refractivity contribution in [1.82, 2.24) is 9.99 Å². The number of benzene rings is 3. The summed E-state index contributed by atoms with van der Waals surface area (Å²) in [7, 11) is 1.27. The molecule has 8 nitrogen and oxygen atoms in total. The number of amides is 2. The van der Waals surface area contributed by atoms with Gasteiger partial charge in [-0.3, -0.25) is 24.2 Å². The first kappa shape index (κ1) is 36.4. The molecule has 3 aliphatic carbocycles. The minimum atomic E-state index is -4.81. The number of phenolic OH excluding ortho intramolecular Hbond substituents is 1. The smallest absolute Gasteiger partial charge is 0.433 e. The molecule has 0 radical (unpaired) electrons. The highest BCUT2D eigenvalue weighted by atomic mass is 35.5. The lowest BCUT2D eigenvalue weighted by Gasteiger charge is -2.55. The number of hydrazine groups is 1. The maximum Gasteiger partial charge on any atom is 0.433 e. The SMILES string of the molecule is Cc1cc([C@H]2C3=CC[C@@H]4C(=O)N(N(C)c5nc(C(F)(F)F)ccc5Cl)C(=O)[C@@H]4[C@@H]3C[C@H]3C(=O)C(c4ccccc4)=CC(=O)[C@@]23c2ccccc2)cc(C)c1O. The second-order valence-electron chi connectivity index (χ2n) is 14.8. The van der Waals surface area contributed by atoms with Gasteiger partial charge in [0, 0.05) is 24.5 Å². The van der Waals surface area contributed by atoms with Gasteiger partial charge in [0.15, 0.2) is 17.4 Å². The number of alkyl halides is 3. The molecule has 2 amide bonds. The van der Waals surface area contributed by atoms with E-state index in [4.69, 9.17) is 11.6 Å². The first-order chi connectivity index (χ1) is 26.2. The number of ketones is 2. The molecule has 1 saturated carbocycles. The molecule has 1 aromatic heterocycles. The average molecular weight is 766 g/mol. The minimum Gasteiger partial charge on any atom is -0.507 e. The molecule has 2 heterocycles. The number of imide groups is 1. The van der Waals surface area contributed by atoms with Crippen LogP contribution in [0.4, 0.5) is 19.0 Å². The van der Waals surface area contributed by atoms with Gasteiger partial charge >= 0.3 is 6.18 Å². The molecule has 12 heteroatoms. The molecule has 280 valence electrons. The van der Waals surface area contributed by atoms with Crippen LogP contribution in [0.15, 0.2) is 103 Å². The number of pyridine rings is 1. The summed E-state index contributed by atoms with van der Waals surface area (Å²) in [6.45, 7) is 3.51. The van der Waals surface area contributed by atoms with Gasteiger partial charge in [-0.05, 0) is 78.6 Å². The summed E-state index contributed by atoms with van der Waals surface area (Å²) >= 11 is 6.32. The van der Waals surface area contributed by atoms with Crippen LogP contribution < -0.4 is 5.01 Å². The summed E-state index contributed by atoms with van der Waals surface area (Å²) in [6.07, 6.45) is -1.33. The quantitative estimate of drug-likeness (QED) is 0.162. The van der Waals surface area contributed by atoms with Crippen LogP contribution in [-0.2, 0) is 30.8 Å². The van der Waals surface area contributed by atoms with Gasteiger partial charge in [0.1, 0.15) is 11.4 Å². The Morgan fingerprint density at radius 3 is 2.16 bits per heavy atom. The molecule has 3 aromatic carbocycles. The normalized spacial score (nSPS) is 26.2. The fourth-order valence-electron chi connectivity index (χ4n) is 9.60. The summed E-state index contributed by atoms with van der Waals surface area (Å²) in [6, 6.07) is 23.4. The fraction of sp³-hybridized carbons (Fsp3) is 0.279. The van der Waals surface area contributed by atoms with Crippen molar-refractivity contribution in [2.75, 3.05) is 12.1 Å². The zero-order valence-corrected chi connectivity index (χ0v) is 30.7. The highest BCUT2D eigenvalue weighted by Gasteiger charge is 2.66. The zero-order chi connectivity index (χ0) is 39.1. The van der Waals surface area contributed by atoms with Gasteiger partial charge in [-0.25, -0.2) is 4.98 Å². The summed E-state index contributed by atoms with van der Waals surface area (Å²) in [4.78, 5) is 62.9. The van der Waals surface area contributed by atoms with Crippen LogP contribution in [0.25, 0.3) is 5.57 Å². The number of rotatable bonds is 5. The average Bonchev–Trinajstić information content (AvgIpc) is 3.43. The first-order valence-corrected chi connectivity index (χ1v) is 18.3. The molecule has 0 bridgehead atoms. The molecule has 4 aromatic rings. The number of nitrogens with zero attached hydrogens (tertiary/aromatic N) is 3. The zero-order valence-electron chi connectivity index (χ0n) is 30.0. The number of hydrogen-bond acceptors (Lipinski definition) is 7. The fourth-order valence-corrected chi connectivity index (χ4v) is 9.82. The Bertz CT molecular complexity index is 2340. The number of anilines is 1. The van der Waals surface area contributed by atoms with Crippen LogP contribution in [-0.4, -0.2) is 45.5 Å². The topological polar surface area (TPSA) is 108 Å². The molecule has 6 atom stereocenters. The second-order valence-corrected chi connectivity index (χ2v) is 15.2. The van der Waals surface area contributed by atoms with Crippen LogP contribution in [0, 0.1) is 37.5 Å². The first-order valence-electron chi connectivity index (χ1n) is 17.9. The lowest BCUT2D eigenvalue weighted by molar-refractivity contribution is -0.141. The van der Waals surface area contributed by atoms with Gasteiger partial charge in [-0.2, -0.15) is 18.2 Å². The molecular formula is C43H35ClF3N3O5. The van der Waals surface area contributed by atoms with E-state index >= 15 is 9.59 Å². The van der Waals surface area contributed by atoms with Gasteiger partial charge in [-0.1, -0.05) is 96.0 Å². The van der Waals surface area contributed by atoms with Crippen LogP contribution in [0.5, 0.6) is 5.75 Å². The number of Topliss-reactive ketones (excluding diaryl/α,β-unsaturated/α-hetero) is 1. The predicted molar refractivity (Wildman–Crippen MR) is 199 cm³/mol. The highest BCUT2D eigenvalue weighted by molar-refractivity contribution is 6.33. The Hall–Kier alpha value is -5.55. The maximum atomic E-state index is 15.2. The monoisotopic (exact) mass is 765 g/mol. The Balaban J connectivity index is 1.32. The van der Waals surface area contributed by atoms with Crippen LogP contribution >= 0.6 is 11.6 Å². The summed E-state index contributed by atoms with van der Waals surface area (Å²) in [5.41, 5.74) is 1.25. The van der Waals surface area contributed by atoms with Gasteiger partial charge in [0.25, 0.3) is 11.8 Å². The number of hydrogen-bond donors (Lipinski definition) is 1. The van der Waals surface area contributed by atoms with Crippen molar-refractivity contribution in [3.63, 3.8) is 0 Å². The Morgan fingerprint density at radius 1 is 0.891 bits per heavy atom. The molecule has 1 N–H and O–H groups in total. The number of phenols is 1. The number of allylic oxidation sites excluding steroid dienone is 4. The van der Waals surface area contributed by atoms with E-state index in [1.54, 1.807) is 50.2 Å². The van der Waals surface area contributed by atoms with E-state index < -0.39 is 64.5 Å². The predicted octanol–water partition coefficient (Wildman–Crippen LogP) is 7.95. The van der Waals surface area contributed by atoms with Crippen molar-refractivity contribution >= 4 is 46.4 Å². The molecule has 1 saturated heterocycles. The molecular weight excluding hydrogens is 731 g/mol. The van der Waals surface area contributed by atoms with E-state index in [9.17, 15) is 27.9 Å². The number of aryl methyl sites for hydroxylation is 2. The molecule has 0 spiro atoms. The molecule has 4 aliphatic rings. The third kappa shape index (κ3) is 5.45. The van der Waals surface area contributed by atoms with E-state index in [1.165, 1.54) is 13.1 Å². The summed E-state index contributed by atoms with van der Waals surface area (Å²) < 4.78 is 41.1. The van der Waals surface area contributed by atoms with Crippen LogP contribution in [0.2, 0.25) is 5.02 Å². The molecule has 0 unspecified atom stereocenters. The van der Waals surface area contributed by atoms with Crippen molar-refractivity contribution in [2.24, 2.45) is 23.7 Å². The Labute approximate surface area is 319 Å². The molecule has 1 aliphatic heterocycles. The summed E-state index contributed by atoms with van der Waals surface area (Å²) in [5.74, 6) is -6.60. The van der Waals surface area contributed by atoms with E-state index in [0.717, 1.165) is 22.2 Å². The maximum absolute atomic E-state index is 15.2. The molecule has 55 heavy (non-hydrogen) atoms. The standard InChI is InChI=1S/C43H35ClF3N3O5/c1-22-18-25(19-23(2)37(22)52)36-27-14-15-28-35(41(55)50(40(28)54)49(3)39-32(44)16-17-33(48-39)43(45,46)47)30(27)20-31-38(53)29(24-10-6-4-7-11-24)21-34(51)42(31,36)26-12-8-5-9-13-26/h4-14,16-19,21,28,30-31,35-36,52H,15,20H2,1-3H3/t28-,30+,31-,35-,36-,42-/m0/s1. The van der Waals surface area contributed by atoms with E-state index in [1.807, 2.05) is 42.5 Å². The lowest BCUT2D eigenvalue weighted by atomic mass is 9.44. The highest BCUT2D eigenvalue weighted by Crippen LogP contribution is 2.64. The third-order valence-corrected chi connectivity index (χ3v) is 12.2. The number of carbonyl (C=O) groups is 4. The third-order valence-electron chi connectivity index (χ3n) is 11.9. The van der Waals surface area contributed by atoms with Crippen LogP contribution in [0.3, 0.4) is 0 Å². The van der Waals surface area contributed by atoms with Crippen molar-refractivity contribution in [3.8, 4) is 5.75 Å². The number of aromatic nitrogens is 1. The summed E-state index contributed by atoms with van der Waals surface area (Å²) in [5, 5.41) is 12.4. The lowest BCUT2D eigenvalue weighted by Crippen LogP contribution is -2.59. The van der Waals surface area contributed by atoms with Crippen molar-refractivity contribution in [2.45, 2.75) is 44.2 Å². The van der Waals surface area contributed by atoms with Crippen molar-refractivity contribution < 1.29 is 37.5 Å². The molecule has 2 fully saturated rings. The van der Waals surface area contributed by atoms with E-state index in [0.29, 0.717) is 33.4 Å². The number of carbonyl (C=O) groups excluding carboxylic acids is 4. The van der Waals surface area contributed by atoms with Crippen molar-refractivity contribution in [1.29, 1.82) is 0 Å². The van der Waals surface area contributed by atoms with Gasteiger partial charge in [-0.15, -0.1) is 0 Å².